The van der Waals surface area contributed by atoms with Crippen LogP contribution in [-0.2, 0) is 0 Å². The Morgan fingerprint density at radius 1 is 1.42 bits per heavy atom. The predicted octanol–water partition coefficient (Wildman–Crippen LogP) is 1.49. The minimum atomic E-state index is 0.365. The van der Waals surface area contributed by atoms with Crippen molar-refractivity contribution in [2.24, 2.45) is 11.7 Å². The molecule has 1 saturated heterocycles. The van der Waals surface area contributed by atoms with E-state index >= 15 is 0 Å². The van der Waals surface area contributed by atoms with Crippen LogP contribution in [0.25, 0.3) is 0 Å². The first kappa shape index (κ1) is 14.2. The Kier molecular flexibility index (Phi) is 4.71. The number of rotatable bonds is 4. The summed E-state index contributed by atoms with van der Waals surface area (Å²) in [6.45, 7) is 3.30. The lowest BCUT2D eigenvalue weighted by molar-refractivity contribution is 0.284. The van der Waals surface area contributed by atoms with Crippen molar-refractivity contribution in [3.05, 3.63) is 23.9 Å². The van der Waals surface area contributed by atoms with Gasteiger partial charge in [0.05, 0.1) is 5.69 Å². The Morgan fingerprint density at radius 3 is 2.68 bits per heavy atom. The second-order valence-electron chi connectivity index (χ2n) is 5.44. The predicted molar refractivity (Wildman–Crippen MR) is 83.6 cm³/mol. The van der Waals surface area contributed by atoms with E-state index in [2.05, 4.69) is 28.9 Å². The van der Waals surface area contributed by atoms with Crippen LogP contribution in [0.1, 0.15) is 18.5 Å². The monoisotopic (exact) mass is 278 g/mol. The van der Waals surface area contributed by atoms with Crippen LogP contribution >= 0.6 is 12.2 Å². The zero-order valence-electron chi connectivity index (χ0n) is 11.7. The summed E-state index contributed by atoms with van der Waals surface area (Å²) < 4.78 is 0. The first-order valence-electron chi connectivity index (χ1n) is 6.73. The van der Waals surface area contributed by atoms with Gasteiger partial charge in [-0.3, -0.25) is 0 Å². The van der Waals surface area contributed by atoms with E-state index < -0.39 is 0 Å². The topological polar surface area (TPSA) is 45.4 Å². The van der Waals surface area contributed by atoms with Crippen molar-refractivity contribution in [3.8, 4) is 0 Å². The summed E-state index contributed by atoms with van der Waals surface area (Å²) in [7, 11) is 4.28. The minimum Gasteiger partial charge on any atom is -0.388 e. The van der Waals surface area contributed by atoms with Gasteiger partial charge in [0.2, 0.25) is 0 Å². The van der Waals surface area contributed by atoms with Crippen molar-refractivity contribution in [2.45, 2.75) is 12.8 Å². The standard InChI is InChI=1S/C14H22N4S/c1-17(2)10-11-6-8-18(9-7-11)13-5-3-4-12(16-13)14(15)19/h3-5,11H,6-10H2,1-2H3,(H2,15,19). The molecule has 0 aromatic carbocycles. The molecule has 2 N–H and O–H groups in total. The Morgan fingerprint density at radius 2 is 2.11 bits per heavy atom. The summed E-state index contributed by atoms with van der Waals surface area (Å²) in [5.74, 6) is 1.79. The van der Waals surface area contributed by atoms with Gasteiger partial charge in [-0.1, -0.05) is 18.3 Å². The summed E-state index contributed by atoms with van der Waals surface area (Å²) >= 11 is 4.98. The molecule has 4 nitrogen and oxygen atoms in total. The number of nitrogens with zero attached hydrogens (tertiary/aromatic N) is 3. The maximum absolute atomic E-state index is 5.63. The highest BCUT2D eigenvalue weighted by Gasteiger charge is 2.20. The molecule has 0 amide bonds. The minimum absolute atomic E-state index is 0.365. The second-order valence-corrected chi connectivity index (χ2v) is 5.88. The molecule has 1 aromatic heterocycles. The molecule has 1 aliphatic rings. The zero-order valence-corrected chi connectivity index (χ0v) is 12.5. The van der Waals surface area contributed by atoms with Crippen LogP contribution in [0.3, 0.4) is 0 Å². The third kappa shape index (κ3) is 3.88. The molecule has 104 valence electrons. The fraction of sp³-hybridized carbons (Fsp3) is 0.571. The Bertz CT molecular complexity index is 439. The number of nitrogens with two attached hydrogens (primary N) is 1. The van der Waals surface area contributed by atoms with Crippen LogP contribution in [0.4, 0.5) is 5.82 Å². The van der Waals surface area contributed by atoms with Crippen LogP contribution in [0, 0.1) is 5.92 Å². The number of thiocarbonyl (C=S) groups is 1. The van der Waals surface area contributed by atoms with Crippen LogP contribution in [0.5, 0.6) is 0 Å². The SMILES string of the molecule is CN(C)CC1CCN(c2cccc(C(N)=S)n2)CC1. The number of piperidine rings is 1. The van der Waals surface area contributed by atoms with E-state index in [-0.39, 0.29) is 0 Å². The second kappa shape index (κ2) is 6.30. The average Bonchev–Trinajstić information content (AvgIpc) is 2.39. The third-order valence-corrected chi connectivity index (χ3v) is 3.76. The summed E-state index contributed by atoms with van der Waals surface area (Å²) in [5, 5.41) is 0. The van der Waals surface area contributed by atoms with E-state index in [4.69, 9.17) is 18.0 Å². The molecule has 2 heterocycles. The number of anilines is 1. The lowest BCUT2D eigenvalue weighted by Crippen LogP contribution is -2.37. The molecular formula is C14H22N4S. The summed E-state index contributed by atoms with van der Waals surface area (Å²) in [4.78, 5) is 9.49. The first-order chi connectivity index (χ1) is 9.06. The molecule has 1 aromatic rings. The van der Waals surface area contributed by atoms with Crippen molar-refractivity contribution in [2.75, 3.05) is 38.6 Å². The van der Waals surface area contributed by atoms with E-state index in [1.165, 1.54) is 19.4 Å². The lowest BCUT2D eigenvalue weighted by Gasteiger charge is -2.34. The maximum Gasteiger partial charge on any atom is 0.129 e. The molecule has 5 heteroatoms. The van der Waals surface area contributed by atoms with Gasteiger partial charge < -0.3 is 15.5 Å². The molecule has 0 saturated carbocycles. The highest BCUT2D eigenvalue weighted by Crippen LogP contribution is 2.22. The van der Waals surface area contributed by atoms with Crippen LogP contribution in [0.15, 0.2) is 18.2 Å². The van der Waals surface area contributed by atoms with Crippen LogP contribution in [-0.4, -0.2) is 48.6 Å². The molecule has 19 heavy (non-hydrogen) atoms. The number of hydrogen-bond acceptors (Lipinski definition) is 4. The average molecular weight is 278 g/mol. The molecule has 0 atom stereocenters. The molecule has 0 aliphatic carbocycles. The fourth-order valence-corrected chi connectivity index (χ4v) is 2.71. The molecular weight excluding hydrogens is 256 g/mol. The molecule has 2 rings (SSSR count). The Labute approximate surface area is 120 Å². The number of aromatic nitrogens is 1. The molecule has 0 bridgehead atoms. The normalized spacial score (nSPS) is 16.9. The van der Waals surface area contributed by atoms with Crippen molar-refractivity contribution in [1.82, 2.24) is 9.88 Å². The molecule has 0 spiro atoms. The first-order valence-corrected chi connectivity index (χ1v) is 7.13. The van der Waals surface area contributed by atoms with Gasteiger partial charge in [0.1, 0.15) is 10.8 Å². The van der Waals surface area contributed by atoms with E-state index in [1.54, 1.807) is 0 Å². The van der Waals surface area contributed by atoms with Gasteiger partial charge in [0.25, 0.3) is 0 Å². The number of pyridine rings is 1. The third-order valence-electron chi connectivity index (χ3n) is 3.55. The van der Waals surface area contributed by atoms with Crippen molar-refractivity contribution >= 4 is 23.0 Å². The van der Waals surface area contributed by atoms with Gasteiger partial charge in [0, 0.05) is 19.6 Å². The summed E-state index contributed by atoms with van der Waals surface area (Å²) in [5.41, 5.74) is 6.35. The van der Waals surface area contributed by atoms with Crippen molar-refractivity contribution < 1.29 is 0 Å². The molecule has 0 radical (unpaired) electrons. The quantitative estimate of drug-likeness (QED) is 0.846. The van der Waals surface area contributed by atoms with Gasteiger partial charge in [-0.15, -0.1) is 0 Å². The van der Waals surface area contributed by atoms with Gasteiger partial charge in [-0.05, 0) is 45.0 Å². The molecule has 1 fully saturated rings. The molecule has 1 aliphatic heterocycles. The van der Waals surface area contributed by atoms with Gasteiger partial charge in [-0.25, -0.2) is 4.98 Å². The van der Waals surface area contributed by atoms with E-state index in [9.17, 15) is 0 Å². The fourth-order valence-electron chi connectivity index (χ4n) is 2.60. The van der Waals surface area contributed by atoms with E-state index in [0.717, 1.165) is 24.8 Å². The Balaban J connectivity index is 1.97. The van der Waals surface area contributed by atoms with Gasteiger partial charge >= 0.3 is 0 Å². The number of hydrogen-bond donors (Lipinski definition) is 1. The summed E-state index contributed by atoms with van der Waals surface area (Å²) in [6, 6.07) is 5.88. The van der Waals surface area contributed by atoms with Crippen LogP contribution < -0.4 is 10.6 Å². The largest absolute Gasteiger partial charge is 0.388 e. The zero-order chi connectivity index (χ0) is 13.8. The van der Waals surface area contributed by atoms with Gasteiger partial charge in [-0.2, -0.15) is 0 Å². The van der Waals surface area contributed by atoms with Crippen LogP contribution in [0.2, 0.25) is 0 Å². The Hall–Kier alpha value is -1.20. The van der Waals surface area contributed by atoms with Crippen molar-refractivity contribution in [3.63, 3.8) is 0 Å². The lowest BCUT2D eigenvalue weighted by atomic mass is 9.96. The van der Waals surface area contributed by atoms with Gasteiger partial charge in [0.15, 0.2) is 0 Å². The smallest absolute Gasteiger partial charge is 0.129 e. The summed E-state index contributed by atoms with van der Waals surface area (Å²) in [6.07, 6.45) is 2.44. The highest BCUT2D eigenvalue weighted by molar-refractivity contribution is 7.80. The highest BCUT2D eigenvalue weighted by atomic mass is 32.1. The maximum atomic E-state index is 5.63. The van der Waals surface area contributed by atoms with Crippen molar-refractivity contribution in [1.29, 1.82) is 0 Å². The van der Waals surface area contributed by atoms with E-state index in [1.807, 2.05) is 18.2 Å². The van der Waals surface area contributed by atoms with E-state index in [0.29, 0.717) is 10.7 Å². The molecule has 0 unspecified atom stereocenters.